The van der Waals surface area contributed by atoms with E-state index in [1.165, 1.54) is 4.90 Å². The van der Waals surface area contributed by atoms with E-state index in [2.05, 4.69) is 4.98 Å². The molecule has 0 spiro atoms. The summed E-state index contributed by atoms with van der Waals surface area (Å²) in [6, 6.07) is 9.43. The fourth-order valence-electron chi connectivity index (χ4n) is 2.97. The van der Waals surface area contributed by atoms with Gasteiger partial charge in [0, 0.05) is 19.4 Å². The molecule has 0 bridgehead atoms. The minimum Gasteiger partial charge on any atom is -0.484 e. The van der Waals surface area contributed by atoms with Crippen molar-refractivity contribution < 1.29 is 19.2 Å². The lowest BCUT2D eigenvalue weighted by atomic mass is 10.3. The molecule has 26 heavy (non-hydrogen) atoms. The van der Waals surface area contributed by atoms with Crippen molar-refractivity contribution in [3.8, 4) is 5.75 Å². The maximum atomic E-state index is 12.8. The zero-order chi connectivity index (χ0) is 18.2. The Labute approximate surface area is 154 Å². The van der Waals surface area contributed by atoms with Crippen molar-refractivity contribution in [3.05, 3.63) is 48.5 Å². The number of nitrogens with one attached hydrogen (secondary N) is 1. The van der Waals surface area contributed by atoms with Crippen LogP contribution in [0.15, 0.2) is 42.7 Å². The van der Waals surface area contributed by atoms with E-state index in [4.69, 9.17) is 9.47 Å². The Hall–Kier alpha value is -2.38. The molecule has 0 aliphatic carbocycles. The van der Waals surface area contributed by atoms with Crippen LogP contribution in [0.1, 0.15) is 5.82 Å². The molecule has 2 heterocycles. The van der Waals surface area contributed by atoms with Crippen molar-refractivity contribution in [2.24, 2.45) is 7.05 Å². The molecular weight excluding hydrogens is 332 g/mol. The van der Waals surface area contributed by atoms with Gasteiger partial charge in [0.25, 0.3) is 5.91 Å². The van der Waals surface area contributed by atoms with E-state index < -0.39 is 0 Å². The zero-order valence-electron chi connectivity index (χ0n) is 15.3. The number of aromatic nitrogens is 2. The van der Waals surface area contributed by atoms with Gasteiger partial charge in [0.1, 0.15) is 24.7 Å². The first-order valence-corrected chi connectivity index (χ1v) is 9.05. The van der Waals surface area contributed by atoms with Crippen molar-refractivity contribution in [3.63, 3.8) is 0 Å². The summed E-state index contributed by atoms with van der Waals surface area (Å²) in [5.41, 5.74) is 0. The van der Waals surface area contributed by atoms with Crippen molar-refractivity contribution in [1.29, 1.82) is 0 Å². The SMILES string of the molecule is Cn1ccnc1CN(CC[NH+]1CCOCC1)C(=O)COc1ccccc1. The van der Waals surface area contributed by atoms with Gasteiger partial charge in [0.15, 0.2) is 6.61 Å². The number of rotatable bonds is 8. The molecule has 7 heteroatoms. The van der Waals surface area contributed by atoms with Gasteiger partial charge in [-0.1, -0.05) is 18.2 Å². The Bertz CT molecular complexity index is 683. The molecule has 1 aliphatic rings. The van der Waals surface area contributed by atoms with Gasteiger partial charge in [-0.3, -0.25) is 4.79 Å². The minimum absolute atomic E-state index is 0.0236. The minimum atomic E-state index is -0.0236. The van der Waals surface area contributed by atoms with Crippen molar-refractivity contribution in [1.82, 2.24) is 14.5 Å². The third-order valence-electron chi connectivity index (χ3n) is 4.65. The van der Waals surface area contributed by atoms with Crippen LogP contribution in [0.5, 0.6) is 5.75 Å². The highest BCUT2D eigenvalue weighted by Gasteiger charge is 2.20. The molecule has 0 saturated carbocycles. The second-order valence-electron chi connectivity index (χ2n) is 6.48. The van der Waals surface area contributed by atoms with Crippen molar-refractivity contribution in [2.75, 3.05) is 46.0 Å². The fraction of sp³-hybridized carbons (Fsp3) is 0.474. The van der Waals surface area contributed by atoms with Gasteiger partial charge in [-0.2, -0.15) is 0 Å². The van der Waals surface area contributed by atoms with Crippen molar-refractivity contribution >= 4 is 5.91 Å². The van der Waals surface area contributed by atoms with Crippen LogP contribution in [0.4, 0.5) is 0 Å². The van der Waals surface area contributed by atoms with Gasteiger partial charge in [0.05, 0.1) is 32.8 Å². The van der Waals surface area contributed by atoms with Gasteiger partial charge in [-0.25, -0.2) is 4.98 Å². The molecule has 3 rings (SSSR count). The van der Waals surface area contributed by atoms with Crippen LogP contribution in [0.25, 0.3) is 0 Å². The van der Waals surface area contributed by atoms with E-state index in [9.17, 15) is 4.79 Å². The molecule has 7 nitrogen and oxygen atoms in total. The number of nitrogens with zero attached hydrogens (tertiary/aromatic N) is 3. The number of ether oxygens (including phenoxy) is 2. The maximum absolute atomic E-state index is 12.8. The predicted molar refractivity (Wildman–Crippen MR) is 96.9 cm³/mol. The first-order valence-electron chi connectivity index (χ1n) is 9.05. The average molecular weight is 359 g/mol. The number of carbonyl (C=O) groups is 1. The highest BCUT2D eigenvalue weighted by molar-refractivity contribution is 5.77. The van der Waals surface area contributed by atoms with Crippen LogP contribution >= 0.6 is 0 Å². The molecule has 2 aromatic rings. The van der Waals surface area contributed by atoms with Gasteiger partial charge < -0.3 is 23.8 Å². The second kappa shape index (κ2) is 9.35. The van der Waals surface area contributed by atoms with Crippen LogP contribution in [0, 0.1) is 0 Å². The molecule has 1 amide bonds. The van der Waals surface area contributed by atoms with E-state index in [1.807, 2.05) is 53.0 Å². The summed E-state index contributed by atoms with van der Waals surface area (Å²) >= 11 is 0. The fourth-order valence-corrected chi connectivity index (χ4v) is 2.97. The number of carbonyl (C=O) groups excluding carboxylic acids is 1. The molecule has 0 atom stereocenters. The molecule has 140 valence electrons. The number of aryl methyl sites for hydroxylation is 1. The second-order valence-corrected chi connectivity index (χ2v) is 6.48. The molecular formula is C19H27N4O3+. The number of imidazole rings is 1. The molecule has 0 radical (unpaired) electrons. The van der Waals surface area contributed by atoms with Gasteiger partial charge in [-0.05, 0) is 12.1 Å². The molecule has 1 aliphatic heterocycles. The van der Waals surface area contributed by atoms with E-state index in [-0.39, 0.29) is 12.5 Å². The summed E-state index contributed by atoms with van der Waals surface area (Å²) in [6.45, 7) is 5.68. The highest BCUT2D eigenvalue weighted by atomic mass is 16.5. The lowest BCUT2D eigenvalue weighted by Gasteiger charge is -2.28. The largest absolute Gasteiger partial charge is 0.484 e. The monoisotopic (exact) mass is 359 g/mol. The van der Waals surface area contributed by atoms with Crippen molar-refractivity contribution in [2.45, 2.75) is 6.54 Å². The van der Waals surface area contributed by atoms with Gasteiger partial charge in [-0.15, -0.1) is 0 Å². The molecule has 1 aromatic carbocycles. The number of para-hydroxylation sites is 1. The number of morpholine rings is 1. The first-order chi connectivity index (χ1) is 12.7. The quantitative estimate of drug-likeness (QED) is 0.706. The first kappa shape index (κ1) is 18.4. The lowest BCUT2D eigenvalue weighted by molar-refractivity contribution is -0.907. The van der Waals surface area contributed by atoms with Crippen LogP contribution < -0.4 is 9.64 Å². The summed E-state index contributed by atoms with van der Waals surface area (Å²) in [5, 5.41) is 0. The van der Waals surface area contributed by atoms with Gasteiger partial charge >= 0.3 is 0 Å². The van der Waals surface area contributed by atoms with E-state index in [1.54, 1.807) is 6.20 Å². The zero-order valence-corrected chi connectivity index (χ0v) is 15.3. The maximum Gasteiger partial charge on any atom is 0.261 e. The molecule has 1 saturated heterocycles. The summed E-state index contributed by atoms with van der Waals surface area (Å²) in [5.74, 6) is 1.55. The number of hydrogen-bond acceptors (Lipinski definition) is 4. The third kappa shape index (κ3) is 5.31. The molecule has 1 N–H and O–H groups in total. The van der Waals surface area contributed by atoms with Crippen LogP contribution in [-0.4, -0.2) is 66.4 Å². The Balaban J connectivity index is 1.58. The standard InChI is InChI=1S/C19H26N4O3/c1-21-8-7-20-18(21)15-23(10-9-22-11-13-25-14-12-22)19(24)16-26-17-5-3-2-4-6-17/h2-8H,9-16H2,1H3/p+1. The summed E-state index contributed by atoms with van der Waals surface area (Å²) in [7, 11) is 1.94. The molecule has 0 unspecified atom stereocenters. The number of benzene rings is 1. The van der Waals surface area contributed by atoms with Crippen LogP contribution in [-0.2, 0) is 23.1 Å². The van der Waals surface area contributed by atoms with Crippen LogP contribution in [0.3, 0.4) is 0 Å². The van der Waals surface area contributed by atoms with Gasteiger partial charge in [0.2, 0.25) is 0 Å². The van der Waals surface area contributed by atoms with E-state index >= 15 is 0 Å². The summed E-state index contributed by atoms with van der Waals surface area (Å²) in [4.78, 5) is 20.4. The molecule has 1 aromatic heterocycles. The molecule has 1 fully saturated rings. The third-order valence-corrected chi connectivity index (χ3v) is 4.65. The van der Waals surface area contributed by atoms with E-state index in [0.29, 0.717) is 18.8 Å². The summed E-state index contributed by atoms with van der Waals surface area (Å²) < 4.78 is 13.0. The Kier molecular flexibility index (Phi) is 6.62. The number of hydrogen-bond donors (Lipinski definition) is 1. The number of quaternary nitrogens is 1. The lowest BCUT2D eigenvalue weighted by Crippen LogP contribution is -3.14. The van der Waals surface area contributed by atoms with Crippen LogP contribution in [0.2, 0.25) is 0 Å². The van der Waals surface area contributed by atoms with E-state index in [0.717, 1.165) is 38.7 Å². The smallest absolute Gasteiger partial charge is 0.261 e. The normalized spacial score (nSPS) is 15.0. The Morgan fingerprint density at radius 1 is 1.31 bits per heavy atom. The Morgan fingerprint density at radius 2 is 2.08 bits per heavy atom. The summed E-state index contributed by atoms with van der Waals surface area (Å²) in [6.07, 6.45) is 3.65. The topological polar surface area (TPSA) is 61.0 Å². The average Bonchev–Trinajstić information content (AvgIpc) is 3.09. The Morgan fingerprint density at radius 3 is 2.77 bits per heavy atom. The highest BCUT2D eigenvalue weighted by Crippen LogP contribution is 2.09. The predicted octanol–water partition coefficient (Wildman–Crippen LogP) is -0.257. The number of amides is 1.